The van der Waals surface area contributed by atoms with Crippen LogP contribution in [0.1, 0.15) is 38.2 Å². The van der Waals surface area contributed by atoms with Crippen LogP contribution < -0.4 is 0 Å². The van der Waals surface area contributed by atoms with Gasteiger partial charge in [0, 0.05) is 25.7 Å². The van der Waals surface area contributed by atoms with E-state index in [1.807, 2.05) is 23.1 Å². The molecule has 1 N–H and O–H groups in total. The van der Waals surface area contributed by atoms with Crippen molar-refractivity contribution >= 4 is 5.91 Å². The summed E-state index contributed by atoms with van der Waals surface area (Å²) in [5.74, 6) is 0.205. The molecular formula is C18H28N2O2. The van der Waals surface area contributed by atoms with Crippen LogP contribution in [0.5, 0.6) is 0 Å². The average molecular weight is 304 g/mol. The van der Waals surface area contributed by atoms with Crippen molar-refractivity contribution in [1.82, 2.24) is 9.80 Å². The SMILES string of the molecule is CCC1CCCCN1C(=O)CN(CCO)Cc1ccccc1. The fourth-order valence-electron chi connectivity index (χ4n) is 3.23. The number of carbonyl (C=O) groups is 1. The van der Waals surface area contributed by atoms with Gasteiger partial charge in [0.05, 0.1) is 13.2 Å². The first-order valence-corrected chi connectivity index (χ1v) is 8.41. The Morgan fingerprint density at radius 3 is 2.77 bits per heavy atom. The first-order chi connectivity index (χ1) is 10.7. The third-order valence-corrected chi connectivity index (χ3v) is 4.44. The predicted octanol–water partition coefficient (Wildman–Crippen LogP) is 2.27. The molecule has 1 heterocycles. The van der Waals surface area contributed by atoms with Gasteiger partial charge in [-0.25, -0.2) is 0 Å². The minimum absolute atomic E-state index is 0.0807. The number of hydrogen-bond donors (Lipinski definition) is 1. The number of likely N-dealkylation sites (tertiary alicyclic amines) is 1. The van der Waals surface area contributed by atoms with Crippen molar-refractivity contribution in [3.63, 3.8) is 0 Å². The highest BCUT2D eigenvalue weighted by Gasteiger charge is 2.26. The number of benzene rings is 1. The Labute approximate surface area is 133 Å². The van der Waals surface area contributed by atoms with Gasteiger partial charge in [0.1, 0.15) is 0 Å². The van der Waals surface area contributed by atoms with E-state index in [1.54, 1.807) is 0 Å². The molecule has 0 saturated carbocycles. The summed E-state index contributed by atoms with van der Waals surface area (Å²) in [6.07, 6.45) is 4.50. The third-order valence-electron chi connectivity index (χ3n) is 4.44. The van der Waals surface area contributed by atoms with Crippen molar-refractivity contribution < 1.29 is 9.90 Å². The Morgan fingerprint density at radius 1 is 1.32 bits per heavy atom. The maximum absolute atomic E-state index is 12.6. The molecule has 0 bridgehead atoms. The zero-order chi connectivity index (χ0) is 15.8. The first kappa shape index (κ1) is 17.0. The van der Waals surface area contributed by atoms with Crippen molar-refractivity contribution in [2.24, 2.45) is 0 Å². The summed E-state index contributed by atoms with van der Waals surface area (Å²) >= 11 is 0. The third kappa shape index (κ3) is 4.82. The van der Waals surface area contributed by atoms with Crippen LogP contribution in [0.4, 0.5) is 0 Å². The highest BCUT2D eigenvalue weighted by Crippen LogP contribution is 2.20. The molecule has 1 unspecified atom stereocenters. The zero-order valence-corrected chi connectivity index (χ0v) is 13.6. The van der Waals surface area contributed by atoms with E-state index in [-0.39, 0.29) is 12.5 Å². The van der Waals surface area contributed by atoms with Crippen LogP contribution >= 0.6 is 0 Å². The van der Waals surface area contributed by atoms with Gasteiger partial charge in [-0.05, 0) is 31.2 Å². The molecule has 1 amide bonds. The van der Waals surface area contributed by atoms with Gasteiger partial charge in [0.15, 0.2) is 0 Å². The minimum Gasteiger partial charge on any atom is -0.395 e. The Kier molecular flexibility index (Phi) is 6.87. The van der Waals surface area contributed by atoms with Crippen LogP contribution in [-0.4, -0.2) is 53.1 Å². The second-order valence-electron chi connectivity index (χ2n) is 6.06. The zero-order valence-electron chi connectivity index (χ0n) is 13.6. The van der Waals surface area contributed by atoms with Crippen LogP contribution in [0.25, 0.3) is 0 Å². The monoisotopic (exact) mass is 304 g/mol. The smallest absolute Gasteiger partial charge is 0.237 e. The summed E-state index contributed by atoms with van der Waals surface area (Å²) in [7, 11) is 0. The fraction of sp³-hybridized carbons (Fsp3) is 0.611. The van der Waals surface area contributed by atoms with E-state index in [2.05, 4.69) is 24.0 Å². The van der Waals surface area contributed by atoms with Gasteiger partial charge in [-0.1, -0.05) is 37.3 Å². The van der Waals surface area contributed by atoms with Crippen molar-refractivity contribution in [3.8, 4) is 0 Å². The van der Waals surface area contributed by atoms with Gasteiger partial charge in [-0.3, -0.25) is 9.69 Å². The lowest BCUT2D eigenvalue weighted by Crippen LogP contribution is -2.48. The number of carbonyl (C=O) groups excluding carboxylic acids is 1. The number of piperidine rings is 1. The molecule has 1 aromatic carbocycles. The van der Waals surface area contributed by atoms with Crippen LogP contribution in [0.15, 0.2) is 30.3 Å². The molecule has 0 aliphatic carbocycles. The van der Waals surface area contributed by atoms with E-state index in [0.29, 0.717) is 25.7 Å². The molecule has 1 aromatic rings. The number of amides is 1. The van der Waals surface area contributed by atoms with Crippen molar-refractivity contribution in [1.29, 1.82) is 0 Å². The van der Waals surface area contributed by atoms with E-state index >= 15 is 0 Å². The van der Waals surface area contributed by atoms with Gasteiger partial charge in [0.25, 0.3) is 0 Å². The molecule has 4 nitrogen and oxygen atoms in total. The van der Waals surface area contributed by atoms with Crippen molar-refractivity contribution in [2.75, 3.05) is 26.2 Å². The second-order valence-corrected chi connectivity index (χ2v) is 6.06. The molecule has 1 aliphatic heterocycles. The number of aliphatic hydroxyl groups is 1. The molecule has 22 heavy (non-hydrogen) atoms. The molecule has 1 aliphatic rings. The van der Waals surface area contributed by atoms with Gasteiger partial charge in [-0.15, -0.1) is 0 Å². The van der Waals surface area contributed by atoms with Crippen LogP contribution in [0, 0.1) is 0 Å². The van der Waals surface area contributed by atoms with Gasteiger partial charge in [-0.2, -0.15) is 0 Å². The largest absolute Gasteiger partial charge is 0.395 e. The molecule has 2 rings (SSSR count). The first-order valence-electron chi connectivity index (χ1n) is 8.41. The summed E-state index contributed by atoms with van der Waals surface area (Å²) < 4.78 is 0. The topological polar surface area (TPSA) is 43.8 Å². The van der Waals surface area contributed by atoms with Crippen LogP contribution in [-0.2, 0) is 11.3 Å². The van der Waals surface area contributed by atoms with Crippen molar-refractivity contribution in [2.45, 2.75) is 45.2 Å². The maximum atomic E-state index is 12.6. The van der Waals surface area contributed by atoms with Crippen molar-refractivity contribution in [3.05, 3.63) is 35.9 Å². The van der Waals surface area contributed by atoms with E-state index < -0.39 is 0 Å². The molecule has 1 saturated heterocycles. The molecule has 1 fully saturated rings. The van der Waals surface area contributed by atoms with E-state index in [0.717, 1.165) is 25.8 Å². The van der Waals surface area contributed by atoms with Crippen LogP contribution in [0.2, 0.25) is 0 Å². The molecule has 1 atom stereocenters. The maximum Gasteiger partial charge on any atom is 0.237 e. The quantitative estimate of drug-likeness (QED) is 0.840. The molecule has 0 spiro atoms. The Morgan fingerprint density at radius 2 is 2.09 bits per heavy atom. The molecule has 0 aromatic heterocycles. The summed E-state index contributed by atoms with van der Waals surface area (Å²) in [4.78, 5) is 16.7. The summed E-state index contributed by atoms with van der Waals surface area (Å²) in [5, 5.41) is 9.27. The molecule has 122 valence electrons. The van der Waals surface area contributed by atoms with Gasteiger partial charge < -0.3 is 10.0 Å². The molecular weight excluding hydrogens is 276 g/mol. The fourth-order valence-corrected chi connectivity index (χ4v) is 3.23. The Bertz CT molecular complexity index is 450. The number of rotatable bonds is 7. The lowest BCUT2D eigenvalue weighted by Gasteiger charge is -2.36. The summed E-state index contributed by atoms with van der Waals surface area (Å²) in [5.41, 5.74) is 1.18. The highest BCUT2D eigenvalue weighted by atomic mass is 16.3. The molecule has 0 radical (unpaired) electrons. The van der Waals surface area contributed by atoms with E-state index in [4.69, 9.17) is 0 Å². The lowest BCUT2D eigenvalue weighted by molar-refractivity contribution is -0.136. The highest BCUT2D eigenvalue weighted by molar-refractivity contribution is 5.78. The standard InChI is InChI=1S/C18H28N2O2/c1-2-17-10-6-7-11-20(17)18(22)15-19(12-13-21)14-16-8-4-3-5-9-16/h3-5,8-9,17,21H,2,6-7,10-15H2,1H3. The van der Waals surface area contributed by atoms with Gasteiger partial charge in [0.2, 0.25) is 5.91 Å². The number of nitrogens with zero attached hydrogens (tertiary/aromatic N) is 2. The summed E-state index contributed by atoms with van der Waals surface area (Å²) in [6.45, 7) is 4.76. The average Bonchev–Trinajstić information content (AvgIpc) is 2.56. The number of hydrogen-bond acceptors (Lipinski definition) is 3. The van der Waals surface area contributed by atoms with E-state index in [1.165, 1.54) is 12.0 Å². The van der Waals surface area contributed by atoms with E-state index in [9.17, 15) is 9.90 Å². The lowest BCUT2D eigenvalue weighted by atomic mass is 10.00. The minimum atomic E-state index is 0.0807. The predicted molar refractivity (Wildman–Crippen MR) is 88.4 cm³/mol. The Hall–Kier alpha value is -1.39. The normalized spacial score (nSPS) is 18.7. The van der Waals surface area contributed by atoms with Gasteiger partial charge >= 0.3 is 0 Å². The second kappa shape index (κ2) is 8.91. The number of aliphatic hydroxyl groups excluding tert-OH is 1. The summed E-state index contributed by atoms with van der Waals surface area (Å²) in [6, 6.07) is 10.5. The van der Waals surface area contributed by atoms with Crippen LogP contribution in [0.3, 0.4) is 0 Å². The molecule has 4 heteroatoms. The Balaban J connectivity index is 1.95.